The molecule has 0 radical (unpaired) electrons. The predicted octanol–water partition coefficient (Wildman–Crippen LogP) is 3.41. The van der Waals surface area contributed by atoms with Gasteiger partial charge in [-0.15, -0.1) is 0 Å². The highest BCUT2D eigenvalue weighted by atomic mass is 79.9. The Morgan fingerprint density at radius 2 is 2.18 bits per heavy atom. The van der Waals surface area contributed by atoms with E-state index in [0.717, 1.165) is 13.1 Å². The van der Waals surface area contributed by atoms with Crippen molar-refractivity contribution in [2.24, 2.45) is 5.73 Å². The summed E-state index contributed by atoms with van der Waals surface area (Å²) in [6.45, 7) is 4.31. The van der Waals surface area contributed by atoms with Crippen molar-refractivity contribution < 1.29 is 0 Å². The van der Waals surface area contributed by atoms with Gasteiger partial charge in [0, 0.05) is 29.4 Å². The summed E-state index contributed by atoms with van der Waals surface area (Å²) in [5.74, 6) is 2.51. The lowest BCUT2D eigenvalue weighted by Gasteiger charge is -2.24. The number of rotatable bonds is 2. The van der Waals surface area contributed by atoms with E-state index in [1.54, 1.807) is 0 Å². The van der Waals surface area contributed by atoms with Gasteiger partial charge in [0.25, 0.3) is 0 Å². The number of anilines is 1. The minimum Gasteiger partial charge on any atom is -0.370 e. The molecule has 1 saturated heterocycles. The fourth-order valence-electron chi connectivity index (χ4n) is 2.05. The van der Waals surface area contributed by atoms with Crippen LogP contribution in [0.15, 0.2) is 22.7 Å². The second-order valence-electron chi connectivity index (χ2n) is 4.45. The fourth-order valence-corrected chi connectivity index (χ4v) is 3.58. The molecular weight excluding hydrogens is 296 g/mol. The summed E-state index contributed by atoms with van der Waals surface area (Å²) in [6.07, 6.45) is 1.27. The van der Waals surface area contributed by atoms with Gasteiger partial charge in [0.2, 0.25) is 0 Å². The van der Waals surface area contributed by atoms with Crippen molar-refractivity contribution in [2.75, 3.05) is 29.5 Å². The lowest BCUT2D eigenvalue weighted by atomic mass is 10.1. The lowest BCUT2D eigenvalue weighted by molar-refractivity contribution is 0.803. The van der Waals surface area contributed by atoms with Gasteiger partial charge in [0.15, 0.2) is 0 Å². The van der Waals surface area contributed by atoms with Crippen LogP contribution in [0.1, 0.15) is 24.9 Å². The summed E-state index contributed by atoms with van der Waals surface area (Å²) in [5.41, 5.74) is 8.39. The Morgan fingerprint density at radius 3 is 2.88 bits per heavy atom. The third kappa shape index (κ3) is 3.39. The maximum atomic E-state index is 5.90. The van der Waals surface area contributed by atoms with Crippen molar-refractivity contribution in [3.8, 4) is 0 Å². The molecule has 2 nitrogen and oxygen atoms in total. The first-order chi connectivity index (χ1) is 8.18. The predicted molar refractivity (Wildman–Crippen MR) is 80.9 cm³/mol. The van der Waals surface area contributed by atoms with Gasteiger partial charge in [-0.3, -0.25) is 0 Å². The zero-order valence-corrected chi connectivity index (χ0v) is 12.6. The van der Waals surface area contributed by atoms with Gasteiger partial charge in [-0.05, 0) is 52.7 Å². The van der Waals surface area contributed by atoms with E-state index in [4.69, 9.17) is 5.73 Å². The number of halogens is 1. The quantitative estimate of drug-likeness (QED) is 0.907. The SMILES string of the molecule is C[C@H](N)c1ccc(N2CCCSCC2)c(Br)c1. The lowest BCUT2D eigenvalue weighted by Crippen LogP contribution is -2.25. The summed E-state index contributed by atoms with van der Waals surface area (Å²) in [7, 11) is 0. The maximum Gasteiger partial charge on any atom is 0.0511 e. The number of benzene rings is 1. The Morgan fingerprint density at radius 1 is 1.35 bits per heavy atom. The molecule has 1 aromatic rings. The second kappa shape index (κ2) is 6.12. The van der Waals surface area contributed by atoms with Crippen molar-refractivity contribution in [1.82, 2.24) is 0 Å². The van der Waals surface area contributed by atoms with E-state index in [2.05, 4.69) is 50.8 Å². The Hall–Kier alpha value is -0.190. The average Bonchev–Trinajstić information content (AvgIpc) is 2.57. The molecule has 1 aliphatic heterocycles. The van der Waals surface area contributed by atoms with Crippen molar-refractivity contribution >= 4 is 33.4 Å². The number of hydrogen-bond acceptors (Lipinski definition) is 3. The van der Waals surface area contributed by atoms with Gasteiger partial charge in [-0.2, -0.15) is 11.8 Å². The highest BCUT2D eigenvalue weighted by Gasteiger charge is 2.13. The van der Waals surface area contributed by atoms with Gasteiger partial charge in [-0.1, -0.05) is 6.07 Å². The Labute approximate surface area is 116 Å². The molecule has 0 saturated carbocycles. The zero-order valence-electron chi connectivity index (χ0n) is 10.2. The third-order valence-corrected chi connectivity index (χ3v) is 4.74. The number of thioether (sulfide) groups is 1. The Balaban J connectivity index is 2.19. The Bertz CT molecular complexity index is 374. The monoisotopic (exact) mass is 314 g/mol. The van der Waals surface area contributed by atoms with Gasteiger partial charge >= 0.3 is 0 Å². The largest absolute Gasteiger partial charge is 0.370 e. The molecule has 0 aromatic heterocycles. The summed E-state index contributed by atoms with van der Waals surface area (Å²) in [6, 6.07) is 6.58. The number of hydrogen-bond donors (Lipinski definition) is 1. The molecule has 0 amide bonds. The molecule has 94 valence electrons. The van der Waals surface area contributed by atoms with Crippen LogP contribution in [0.2, 0.25) is 0 Å². The maximum absolute atomic E-state index is 5.90. The number of nitrogens with zero attached hydrogens (tertiary/aromatic N) is 1. The smallest absolute Gasteiger partial charge is 0.0511 e. The fraction of sp³-hybridized carbons (Fsp3) is 0.538. The molecule has 2 rings (SSSR count). The molecule has 1 atom stereocenters. The van der Waals surface area contributed by atoms with E-state index in [0.29, 0.717) is 0 Å². The van der Waals surface area contributed by atoms with E-state index in [1.807, 2.05) is 6.92 Å². The minimum atomic E-state index is 0.0973. The molecule has 1 fully saturated rings. The van der Waals surface area contributed by atoms with Crippen LogP contribution in [-0.4, -0.2) is 24.6 Å². The molecule has 17 heavy (non-hydrogen) atoms. The van der Waals surface area contributed by atoms with Crippen molar-refractivity contribution in [2.45, 2.75) is 19.4 Å². The summed E-state index contributed by atoms with van der Waals surface area (Å²) in [4.78, 5) is 2.47. The molecule has 0 unspecified atom stereocenters. The molecule has 0 aliphatic carbocycles. The zero-order chi connectivity index (χ0) is 12.3. The Kier molecular flexibility index (Phi) is 4.77. The van der Waals surface area contributed by atoms with Crippen LogP contribution in [0.3, 0.4) is 0 Å². The van der Waals surface area contributed by atoms with Crippen molar-refractivity contribution in [3.63, 3.8) is 0 Å². The summed E-state index contributed by atoms with van der Waals surface area (Å²) in [5, 5.41) is 0. The van der Waals surface area contributed by atoms with Crippen LogP contribution < -0.4 is 10.6 Å². The van der Waals surface area contributed by atoms with Crippen molar-refractivity contribution in [1.29, 1.82) is 0 Å². The molecule has 0 bridgehead atoms. The molecule has 1 aliphatic rings. The molecule has 1 aromatic carbocycles. The highest BCUT2D eigenvalue weighted by Crippen LogP contribution is 2.30. The van der Waals surface area contributed by atoms with Crippen LogP contribution in [0.5, 0.6) is 0 Å². The molecule has 2 N–H and O–H groups in total. The summed E-state index contributed by atoms with van der Waals surface area (Å²) < 4.78 is 1.17. The summed E-state index contributed by atoms with van der Waals surface area (Å²) >= 11 is 5.72. The van der Waals surface area contributed by atoms with Gasteiger partial charge in [-0.25, -0.2) is 0 Å². The molecule has 0 spiro atoms. The average molecular weight is 315 g/mol. The van der Waals surface area contributed by atoms with Gasteiger partial charge in [0.05, 0.1) is 5.69 Å². The first-order valence-corrected chi connectivity index (χ1v) is 8.01. The van der Waals surface area contributed by atoms with Crippen LogP contribution in [0.4, 0.5) is 5.69 Å². The second-order valence-corrected chi connectivity index (χ2v) is 6.53. The van der Waals surface area contributed by atoms with Crippen LogP contribution in [0, 0.1) is 0 Å². The molecule has 1 heterocycles. The van der Waals surface area contributed by atoms with E-state index in [9.17, 15) is 0 Å². The standard InChI is InChI=1S/C13H19BrN2S/c1-10(15)11-3-4-13(12(14)9-11)16-5-2-7-17-8-6-16/h3-4,9-10H,2,5-8,15H2,1H3/t10-/m0/s1. The van der Waals surface area contributed by atoms with E-state index >= 15 is 0 Å². The van der Waals surface area contributed by atoms with Crippen molar-refractivity contribution in [3.05, 3.63) is 28.2 Å². The first-order valence-electron chi connectivity index (χ1n) is 6.06. The number of nitrogens with two attached hydrogens (primary N) is 1. The van der Waals surface area contributed by atoms with Crippen LogP contribution >= 0.6 is 27.7 Å². The highest BCUT2D eigenvalue weighted by molar-refractivity contribution is 9.10. The van der Waals surface area contributed by atoms with Gasteiger partial charge < -0.3 is 10.6 Å². The third-order valence-electron chi connectivity index (χ3n) is 3.06. The molecular formula is C13H19BrN2S. The van der Waals surface area contributed by atoms with E-state index in [-0.39, 0.29) is 6.04 Å². The topological polar surface area (TPSA) is 29.3 Å². The normalized spacial score (nSPS) is 18.9. The first kappa shape index (κ1) is 13.2. The van der Waals surface area contributed by atoms with E-state index < -0.39 is 0 Å². The van der Waals surface area contributed by atoms with Gasteiger partial charge in [0.1, 0.15) is 0 Å². The minimum absolute atomic E-state index is 0.0973. The van der Waals surface area contributed by atoms with Crippen LogP contribution in [-0.2, 0) is 0 Å². The van der Waals surface area contributed by atoms with E-state index in [1.165, 1.54) is 33.7 Å². The van der Waals surface area contributed by atoms with Crippen LogP contribution in [0.25, 0.3) is 0 Å². The molecule has 4 heteroatoms.